The zero-order chi connectivity index (χ0) is 25.3. The lowest BCUT2D eigenvalue weighted by molar-refractivity contribution is -0.192. The van der Waals surface area contributed by atoms with E-state index in [0.29, 0.717) is 37.5 Å². The number of carboxylic acid groups (broad SMARTS) is 1. The molecule has 1 atom stereocenters. The number of hydrogen-bond donors (Lipinski definition) is 1. The van der Waals surface area contributed by atoms with E-state index in [1.54, 1.807) is 38.7 Å². The summed E-state index contributed by atoms with van der Waals surface area (Å²) in [5.41, 5.74) is 1.47. The molecule has 2 aliphatic heterocycles. The average Bonchev–Trinajstić information content (AvgIpc) is 3.42. The molecular formula is C21H24F3N3O5S2. The Morgan fingerprint density at radius 2 is 1.88 bits per heavy atom. The van der Waals surface area contributed by atoms with Crippen LogP contribution in [-0.2, 0) is 19.6 Å². The molecule has 4 rings (SSSR count). The van der Waals surface area contributed by atoms with Crippen LogP contribution in [0.15, 0.2) is 46.0 Å². The van der Waals surface area contributed by atoms with E-state index < -0.39 is 22.2 Å². The number of aliphatic carboxylic acids is 1. The number of thiophene rings is 1. The Kier molecular flexibility index (Phi) is 7.41. The smallest absolute Gasteiger partial charge is 0.475 e. The molecule has 1 amide bonds. The second-order valence-corrected chi connectivity index (χ2v) is 11.0. The number of benzene rings is 1. The number of amides is 1. The molecule has 0 aliphatic carbocycles. The molecule has 8 nitrogen and oxygen atoms in total. The molecule has 0 bridgehead atoms. The van der Waals surface area contributed by atoms with Crippen LogP contribution < -0.4 is 4.90 Å². The SMILES string of the molecule is Cc1cccc(S(=O)(=O)N2CCC3(CN(c4ccsc4)C(=O)CN3C)C2)c1.O=C(O)C(F)(F)F. The topological polar surface area (TPSA) is 98.2 Å². The summed E-state index contributed by atoms with van der Waals surface area (Å²) in [4.78, 5) is 25.6. The number of carboxylic acids is 1. The van der Waals surface area contributed by atoms with E-state index in [1.807, 2.05) is 41.8 Å². The van der Waals surface area contributed by atoms with Gasteiger partial charge in [-0.05, 0) is 49.5 Å². The largest absolute Gasteiger partial charge is 0.490 e. The maximum Gasteiger partial charge on any atom is 0.490 e. The fraction of sp³-hybridized carbons (Fsp3) is 0.429. The average molecular weight is 520 g/mol. The Hall–Kier alpha value is -2.48. The Morgan fingerprint density at radius 1 is 1.21 bits per heavy atom. The van der Waals surface area contributed by atoms with Gasteiger partial charge in [0.15, 0.2) is 0 Å². The second kappa shape index (κ2) is 9.64. The summed E-state index contributed by atoms with van der Waals surface area (Å²) in [6, 6.07) is 8.98. The van der Waals surface area contributed by atoms with Gasteiger partial charge in [-0.3, -0.25) is 9.69 Å². The van der Waals surface area contributed by atoms with Gasteiger partial charge in [-0.25, -0.2) is 13.2 Å². The van der Waals surface area contributed by atoms with Crippen molar-refractivity contribution in [3.8, 4) is 0 Å². The minimum absolute atomic E-state index is 0.0570. The molecular weight excluding hydrogens is 495 g/mol. The van der Waals surface area contributed by atoms with Gasteiger partial charge in [-0.2, -0.15) is 28.8 Å². The highest BCUT2D eigenvalue weighted by atomic mass is 32.2. The van der Waals surface area contributed by atoms with E-state index in [0.717, 1.165) is 11.3 Å². The Bertz CT molecular complexity index is 1150. The highest BCUT2D eigenvalue weighted by Gasteiger charge is 2.50. The first kappa shape index (κ1) is 26.1. The van der Waals surface area contributed by atoms with Crippen LogP contribution in [0.3, 0.4) is 0 Å². The van der Waals surface area contributed by atoms with E-state index in [4.69, 9.17) is 9.90 Å². The summed E-state index contributed by atoms with van der Waals surface area (Å²) in [6.45, 7) is 3.57. The normalized spacial score (nSPS) is 22.0. The van der Waals surface area contributed by atoms with Crippen molar-refractivity contribution in [1.82, 2.24) is 9.21 Å². The number of alkyl halides is 3. The Balaban J connectivity index is 0.000000406. The lowest BCUT2D eigenvalue weighted by Gasteiger charge is -2.46. The summed E-state index contributed by atoms with van der Waals surface area (Å²) in [7, 11) is -1.62. The first-order valence-corrected chi connectivity index (χ1v) is 12.6. The van der Waals surface area contributed by atoms with E-state index in [2.05, 4.69) is 0 Å². The number of piperazine rings is 1. The molecule has 1 aromatic carbocycles. The number of nitrogens with zero attached hydrogens (tertiary/aromatic N) is 3. The van der Waals surface area contributed by atoms with E-state index >= 15 is 0 Å². The minimum atomic E-state index is -5.08. The number of hydrogen-bond acceptors (Lipinski definition) is 6. The van der Waals surface area contributed by atoms with Crippen LogP contribution >= 0.6 is 11.3 Å². The van der Waals surface area contributed by atoms with Crippen LogP contribution in [0.4, 0.5) is 18.9 Å². The van der Waals surface area contributed by atoms with Gasteiger partial charge in [0.2, 0.25) is 15.9 Å². The van der Waals surface area contributed by atoms with E-state index in [-0.39, 0.29) is 11.4 Å². The number of sulfonamides is 1. The summed E-state index contributed by atoms with van der Waals surface area (Å²) >= 11 is 1.56. The fourth-order valence-electron chi connectivity index (χ4n) is 4.00. The third-order valence-corrected chi connectivity index (χ3v) is 8.43. The summed E-state index contributed by atoms with van der Waals surface area (Å²) < 4.78 is 59.6. The van der Waals surface area contributed by atoms with Crippen molar-refractivity contribution >= 4 is 38.9 Å². The van der Waals surface area contributed by atoms with Gasteiger partial charge in [-0.15, -0.1) is 0 Å². The van der Waals surface area contributed by atoms with Crippen LogP contribution in [0.25, 0.3) is 0 Å². The number of likely N-dealkylation sites (N-methyl/N-ethyl adjacent to an activating group) is 1. The molecule has 186 valence electrons. The van der Waals surface area contributed by atoms with Gasteiger partial charge in [0, 0.05) is 25.0 Å². The zero-order valence-corrected chi connectivity index (χ0v) is 20.1. The molecule has 0 radical (unpaired) electrons. The van der Waals surface area contributed by atoms with Gasteiger partial charge in [-0.1, -0.05) is 12.1 Å². The molecule has 34 heavy (non-hydrogen) atoms. The molecule has 1 N–H and O–H groups in total. The van der Waals surface area contributed by atoms with Gasteiger partial charge in [0.25, 0.3) is 0 Å². The van der Waals surface area contributed by atoms with Gasteiger partial charge < -0.3 is 10.0 Å². The van der Waals surface area contributed by atoms with Crippen molar-refractivity contribution < 1.29 is 36.3 Å². The maximum atomic E-state index is 13.1. The highest BCUT2D eigenvalue weighted by molar-refractivity contribution is 7.89. The van der Waals surface area contributed by atoms with Crippen molar-refractivity contribution in [3.05, 3.63) is 46.7 Å². The van der Waals surface area contributed by atoms with Gasteiger partial charge in [0.05, 0.1) is 22.7 Å². The van der Waals surface area contributed by atoms with Crippen LogP contribution in [0.5, 0.6) is 0 Å². The number of anilines is 1. The van der Waals surface area contributed by atoms with E-state index in [1.165, 1.54) is 0 Å². The Labute approximate surface area is 199 Å². The Morgan fingerprint density at radius 3 is 2.44 bits per heavy atom. The van der Waals surface area contributed by atoms with Gasteiger partial charge in [0.1, 0.15) is 0 Å². The second-order valence-electron chi connectivity index (χ2n) is 8.25. The van der Waals surface area contributed by atoms with Crippen LogP contribution in [0.2, 0.25) is 0 Å². The number of aryl methyl sites for hydroxylation is 1. The summed E-state index contributed by atoms with van der Waals surface area (Å²) in [5, 5.41) is 11.0. The predicted molar refractivity (Wildman–Crippen MR) is 120 cm³/mol. The first-order valence-electron chi connectivity index (χ1n) is 10.2. The minimum Gasteiger partial charge on any atom is -0.475 e. The highest BCUT2D eigenvalue weighted by Crippen LogP contribution is 2.36. The third-order valence-electron chi connectivity index (χ3n) is 5.92. The lowest BCUT2D eigenvalue weighted by Crippen LogP contribution is -2.64. The molecule has 2 aliphatic rings. The van der Waals surface area contributed by atoms with Crippen molar-refractivity contribution in [2.24, 2.45) is 0 Å². The third kappa shape index (κ3) is 5.43. The molecule has 1 aromatic heterocycles. The number of rotatable bonds is 3. The van der Waals surface area contributed by atoms with Crippen molar-refractivity contribution in [2.75, 3.05) is 38.1 Å². The quantitative estimate of drug-likeness (QED) is 0.670. The van der Waals surface area contributed by atoms with Crippen LogP contribution in [0.1, 0.15) is 12.0 Å². The molecule has 0 saturated carbocycles. The summed E-state index contributed by atoms with van der Waals surface area (Å²) in [6.07, 6.45) is -4.37. The first-order chi connectivity index (χ1) is 15.8. The molecule has 2 fully saturated rings. The van der Waals surface area contributed by atoms with E-state index in [9.17, 15) is 26.4 Å². The predicted octanol–water partition coefficient (Wildman–Crippen LogP) is 2.80. The molecule has 3 heterocycles. The summed E-state index contributed by atoms with van der Waals surface area (Å²) in [5.74, 6) is -2.70. The lowest BCUT2D eigenvalue weighted by atomic mass is 9.93. The maximum absolute atomic E-state index is 13.1. The molecule has 1 unspecified atom stereocenters. The van der Waals surface area contributed by atoms with Crippen LogP contribution in [0, 0.1) is 6.92 Å². The van der Waals surface area contributed by atoms with Crippen molar-refractivity contribution in [2.45, 2.75) is 30.0 Å². The molecule has 2 saturated heterocycles. The number of halogens is 3. The monoisotopic (exact) mass is 519 g/mol. The van der Waals surface area contributed by atoms with Crippen molar-refractivity contribution in [1.29, 1.82) is 0 Å². The van der Waals surface area contributed by atoms with Crippen molar-refractivity contribution in [3.63, 3.8) is 0 Å². The number of carbonyl (C=O) groups excluding carboxylic acids is 1. The number of carbonyl (C=O) groups is 2. The fourth-order valence-corrected chi connectivity index (χ4v) is 6.26. The zero-order valence-electron chi connectivity index (χ0n) is 18.4. The van der Waals surface area contributed by atoms with Crippen LogP contribution in [-0.4, -0.2) is 79.5 Å². The molecule has 1 spiro atoms. The standard InChI is InChI=1S/C19H23N3O3S2.C2HF3O2/c1-15-4-3-5-17(10-15)27(24,25)21-8-7-19(13-21)14-22(16-6-9-26-12-16)18(23)11-20(19)2;3-2(4,5)1(6)7/h3-6,9-10,12H,7-8,11,13-14H2,1-2H3;(H,6,7). The molecule has 2 aromatic rings. The van der Waals surface area contributed by atoms with Gasteiger partial charge >= 0.3 is 12.1 Å². The molecule has 13 heteroatoms.